The number of morpholine rings is 1. The van der Waals surface area contributed by atoms with Gasteiger partial charge in [-0.3, -0.25) is 24.2 Å². The second-order valence-corrected chi connectivity index (χ2v) is 17.2. The van der Waals surface area contributed by atoms with Crippen molar-refractivity contribution in [1.82, 2.24) is 15.1 Å². The van der Waals surface area contributed by atoms with Crippen molar-refractivity contribution < 1.29 is 33.8 Å². The summed E-state index contributed by atoms with van der Waals surface area (Å²) in [4.78, 5) is 66.1. The predicted molar refractivity (Wildman–Crippen MR) is 253 cm³/mol. The van der Waals surface area contributed by atoms with Gasteiger partial charge in [-0.15, -0.1) is 0 Å². The number of nitrogens with two attached hydrogens (primary N) is 1. The van der Waals surface area contributed by atoms with E-state index in [1.165, 1.54) is 0 Å². The average molecular weight is 894 g/mol. The molecular formula is C55H51N5O7. The minimum Gasteiger partial charge on any atom is -0.491 e. The first-order valence-corrected chi connectivity index (χ1v) is 22.4. The van der Waals surface area contributed by atoms with Crippen LogP contribution >= 0.6 is 0 Å². The van der Waals surface area contributed by atoms with Gasteiger partial charge in [-0.1, -0.05) is 151 Å². The topological polar surface area (TPSA) is 155 Å². The van der Waals surface area contributed by atoms with E-state index in [1.54, 1.807) is 42.5 Å². The first kappa shape index (κ1) is 44.6. The van der Waals surface area contributed by atoms with E-state index in [9.17, 15) is 14.7 Å². The normalized spacial score (nSPS) is 22.3. The van der Waals surface area contributed by atoms with Crippen LogP contribution in [0.5, 0.6) is 5.75 Å². The number of hydrogen-bond acceptors (Lipinski definition) is 9. The lowest BCUT2D eigenvalue weighted by molar-refractivity contribution is -0.178. The molecule has 9 rings (SSSR count). The number of ether oxygens (including phenoxy) is 2. The van der Waals surface area contributed by atoms with Gasteiger partial charge >= 0.3 is 12.0 Å². The Morgan fingerprint density at radius 3 is 2.13 bits per heavy atom. The van der Waals surface area contributed by atoms with Crippen molar-refractivity contribution in [2.24, 2.45) is 11.7 Å². The van der Waals surface area contributed by atoms with E-state index in [2.05, 4.69) is 34.2 Å². The largest absolute Gasteiger partial charge is 0.491 e. The van der Waals surface area contributed by atoms with Crippen LogP contribution in [0.2, 0.25) is 0 Å². The first-order chi connectivity index (χ1) is 32.6. The molecule has 4 amide bonds. The molecule has 3 aliphatic rings. The molecule has 6 aromatic rings. The second kappa shape index (κ2) is 19.1. The van der Waals surface area contributed by atoms with Crippen LogP contribution in [0.3, 0.4) is 0 Å². The highest BCUT2D eigenvalue weighted by atomic mass is 16.6. The summed E-state index contributed by atoms with van der Waals surface area (Å²) in [6.07, 6.45) is -0.920. The number of fused-ring (bicyclic) bond motifs is 3. The molecule has 1 spiro atoms. The number of para-hydroxylation sites is 1. The summed E-state index contributed by atoms with van der Waals surface area (Å²) in [6, 6.07) is 45.8. The van der Waals surface area contributed by atoms with E-state index in [1.807, 2.05) is 128 Å². The Bertz CT molecular complexity index is 2840. The molecule has 12 nitrogen and oxygen atoms in total. The number of benzene rings is 6. The van der Waals surface area contributed by atoms with Crippen LogP contribution in [0.4, 0.5) is 10.5 Å². The SMILES string of the molecule is C[C@@H](NC(=O)N1C(=O)[C@@]2(c3cc(C#CCN(C)Cc4ccccc4)ccc31)[C@H](c1ccccc1OCCO)N1[C@H](c3ccccc3)[C@H](c3ccccc3)OC(=O)[C@H]1[C@@H]2C(N)=O)c1ccccc1. The predicted octanol–water partition coefficient (Wildman–Crippen LogP) is 7.16. The Kier molecular flexibility index (Phi) is 12.7. The quantitative estimate of drug-likeness (QED) is 0.0858. The first-order valence-electron chi connectivity index (χ1n) is 22.4. The Morgan fingerprint density at radius 2 is 1.46 bits per heavy atom. The van der Waals surface area contributed by atoms with Crippen LogP contribution in [0.1, 0.15) is 70.1 Å². The molecule has 12 heteroatoms. The molecule has 0 unspecified atom stereocenters. The van der Waals surface area contributed by atoms with Crippen LogP contribution < -0.4 is 20.7 Å². The minimum absolute atomic E-state index is 0.0922. The zero-order chi connectivity index (χ0) is 46.7. The summed E-state index contributed by atoms with van der Waals surface area (Å²) in [5, 5.41) is 13.1. The van der Waals surface area contributed by atoms with Gasteiger partial charge in [0.25, 0.3) is 0 Å². The highest BCUT2D eigenvalue weighted by Crippen LogP contribution is 2.66. The Balaban J connectivity index is 1.28. The smallest absolute Gasteiger partial charge is 0.329 e. The van der Waals surface area contributed by atoms with Crippen LogP contribution in [0, 0.1) is 17.8 Å². The molecule has 2 fully saturated rings. The number of esters is 1. The highest BCUT2D eigenvalue weighted by Gasteiger charge is 2.75. The monoisotopic (exact) mass is 893 g/mol. The van der Waals surface area contributed by atoms with Gasteiger partial charge in [0, 0.05) is 17.7 Å². The molecule has 3 aliphatic heterocycles. The summed E-state index contributed by atoms with van der Waals surface area (Å²) < 4.78 is 12.7. The second-order valence-electron chi connectivity index (χ2n) is 17.2. The summed E-state index contributed by atoms with van der Waals surface area (Å²) in [5.41, 5.74) is 9.34. The number of aliphatic hydroxyl groups excluding tert-OH is 1. The number of carbonyl (C=O) groups is 4. The number of nitrogens with zero attached hydrogens (tertiary/aromatic N) is 3. The Labute approximate surface area is 389 Å². The molecule has 0 bridgehead atoms. The van der Waals surface area contributed by atoms with E-state index in [4.69, 9.17) is 15.2 Å². The molecule has 0 saturated carbocycles. The van der Waals surface area contributed by atoms with Gasteiger partial charge < -0.3 is 25.6 Å². The third kappa shape index (κ3) is 8.23. The molecule has 0 radical (unpaired) electrons. The van der Waals surface area contributed by atoms with Crippen LogP contribution in [0.15, 0.2) is 164 Å². The van der Waals surface area contributed by atoms with Crippen molar-refractivity contribution in [3.05, 3.63) is 203 Å². The molecule has 2 saturated heterocycles. The lowest BCUT2D eigenvalue weighted by atomic mass is 9.65. The van der Waals surface area contributed by atoms with E-state index in [0.717, 1.165) is 21.6 Å². The third-order valence-corrected chi connectivity index (χ3v) is 13.0. The fourth-order valence-corrected chi connectivity index (χ4v) is 10.3. The number of rotatable bonds is 12. The molecule has 0 aliphatic carbocycles. The minimum atomic E-state index is -2.06. The number of nitrogens with one attached hydrogen (secondary N) is 1. The number of carbonyl (C=O) groups excluding carboxylic acids is 4. The average Bonchev–Trinajstić information content (AvgIpc) is 3.81. The number of urea groups is 1. The van der Waals surface area contributed by atoms with E-state index < -0.39 is 65.4 Å². The molecule has 3 heterocycles. The molecule has 6 aromatic carbocycles. The van der Waals surface area contributed by atoms with E-state index in [0.29, 0.717) is 41.1 Å². The zero-order valence-electron chi connectivity index (χ0n) is 37.2. The zero-order valence-corrected chi connectivity index (χ0v) is 37.2. The van der Waals surface area contributed by atoms with E-state index >= 15 is 9.59 Å². The van der Waals surface area contributed by atoms with Crippen molar-refractivity contribution in [2.75, 3.05) is 31.7 Å². The van der Waals surface area contributed by atoms with Crippen molar-refractivity contribution in [2.45, 2.75) is 49.2 Å². The van der Waals surface area contributed by atoms with Crippen molar-refractivity contribution >= 4 is 29.5 Å². The van der Waals surface area contributed by atoms with Crippen LogP contribution in [0.25, 0.3) is 0 Å². The molecule has 338 valence electrons. The van der Waals surface area contributed by atoms with Gasteiger partial charge in [0.2, 0.25) is 11.8 Å². The summed E-state index contributed by atoms with van der Waals surface area (Å²) in [5.74, 6) is 2.83. The fourth-order valence-electron chi connectivity index (χ4n) is 10.3. The number of imide groups is 1. The summed E-state index contributed by atoms with van der Waals surface area (Å²) in [6.45, 7) is 2.49. The van der Waals surface area contributed by atoms with Gasteiger partial charge in [0.1, 0.15) is 29.9 Å². The molecule has 7 atom stereocenters. The molecule has 4 N–H and O–H groups in total. The number of anilines is 1. The van der Waals surface area contributed by atoms with Gasteiger partial charge in [0.05, 0.1) is 42.9 Å². The van der Waals surface area contributed by atoms with Crippen molar-refractivity contribution in [1.29, 1.82) is 0 Å². The Hall–Kier alpha value is -7.56. The van der Waals surface area contributed by atoms with Crippen molar-refractivity contribution in [3.63, 3.8) is 0 Å². The summed E-state index contributed by atoms with van der Waals surface area (Å²) >= 11 is 0. The summed E-state index contributed by atoms with van der Waals surface area (Å²) in [7, 11) is 1.98. The Morgan fingerprint density at radius 1 is 0.836 bits per heavy atom. The van der Waals surface area contributed by atoms with E-state index in [-0.39, 0.29) is 18.9 Å². The number of amides is 4. The number of aliphatic hydroxyl groups is 1. The maximum absolute atomic E-state index is 16.4. The third-order valence-electron chi connectivity index (χ3n) is 13.0. The number of primary amides is 1. The molecule has 67 heavy (non-hydrogen) atoms. The van der Waals surface area contributed by atoms with Gasteiger partial charge in [-0.05, 0) is 66.1 Å². The fraction of sp³-hybridized carbons (Fsp3) is 0.236. The maximum Gasteiger partial charge on any atom is 0.329 e. The standard InChI is InChI=1S/C55H51N5O7/c1-36(39-21-9-4-10-22-39)57-54(65)59-44-30-29-37(20-17-31-58(2)35-38-18-7-3-8-19-38)34-43(44)55(53(59)64)46(51(56)62)48-52(63)67-49(41-25-13-6-14-26-41)47(40-23-11-5-12-24-40)60(48)50(55)42-27-15-16-28-45(42)66-33-32-61/h3-16,18-19,21-30,34,36,46-50,61H,31-33,35H2,1-2H3,(H2,56,62)(H,57,65)/t36-,46-,47-,48-,49+,50+,55-/m1/s1. The van der Waals surface area contributed by atoms with Crippen LogP contribution in [-0.4, -0.2) is 71.6 Å². The lowest BCUT2D eigenvalue weighted by Crippen LogP contribution is -2.55. The lowest BCUT2D eigenvalue weighted by Gasteiger charge is -2.46. The van der Waals surface area contributed by atoms with Gasteiger partial charge in [-0.2, -0.15) is 0 Å². The highest BCUT2D eigenvalue weighted by molar-refractivity contribution is 6.24. The van der Waals surface area contributed by atoms with Crippen LogP contribution in [-0.2, 0) is 31.1 Å². The van der Waals surface area contributed by atoms with Gasteiger partial charge in [0.15, 0.2) is 0 Å². The van der Waals surface area contributed by atoms with Gasteiger partial charge in [-0.25, -0.2) is 9.69 Å². The molecule has 0 aromatic heterocycles. The molecular weight excluding hydrogens is 843 g/mol. The number of cyclic esters (lactones) is 1. The maximum atomic E-state index is 16.4. The number of hydrogen-bond donors (Lipinski definition) is 3. The van der Waals surface area contributed by atoms with Crippen molar-refractivity contribution in [3.8, 4) is 17.6 Å².